The molecule has 0 bridgehead atoms. The van der Waals surface area contributed by atoms with Crippen molar-refractivity contribution in [2.24, 2.45) is 11.3 Å². The van der Waals surface area contributed by atoms with Gasteiger partial charge in [-0.3, -0.25) is 4.68 Å². The Hall–Kier alpha value is -0.540. The van der Waals surface area contributed by atoms with Crippen LogP contribution in [-0.4, -0.2) is 22.9 Å². The highest BCUT2D eigenvalue weighted by molar-refractivity contribution is 6.31. The highest BCUT2D eigenvalue weighted by Crippen LogP contribution is 2.32. The molecule has 3 nitrogen and oxygen atoms in total. The molecule has 1 unspecified atom stereocenters. The Morgan fingerprint density at radius 1 is 1.33 bits per heavy atom. The van der Waals surface area contributed by atoms with Gasteiger partial charge in [0.2, 0.25) is 0 Å². The zero-order chi connectivity index (χ0) is 16.0. The second-order valence-corrected chi connectivity index (χ2v) is 7.30. The lowest BCUT2D eigenvalue weighted by molar-refractivity contribution is 0.264. The van der Waals surface area contributed by atoms with Gasteiger partial charge in [-0.15, -0.1) is 0 Å². The summed E-state index contributed by atoms with van der Waals surface area (Å²) in [5.41, 5.74) is 2.37. The first kappa shape index (κ1) is 18.5. The summed E-state index contributed by atoms with van der Waals surface area (Å²) >= 11 is 6.48. The molecule has 0 aliphatic carbocycles. The third kappa shape index (κ3) is 5.30. The van der Waals surface area contributed by atoms with Crippen LogP contribution in [0.3, 0.4) is 0 Å². The third-order valence-corrected chi connectivity index (χ3v) is 4.50. The zero-order valence-electron chi connectivity index (χ0n) is 14.6. The molecule has 0 saturated heterocycles. The average molecular weight is 314 g/mol. The molecular weight excluding hydrogens is 282 g/mol. The molecule has 0 spiro atoms. The van der Waals surface area contributed by atoms with Crippen molar-refractivity contribution in [3.8, 4) is 0 Å². The molecule has 122 valence electrons. The Bertz CT molecular complexity index is 439. The molecule has 0 aliphatic heterocycles. The normalized spacial score (nSPS) is 14.7. The van der Waals surface area contributed by atoms with Crippen LogP contribution in [0.15, 0.2) is 0 Å². The molecule has 21 heavy (non-hydrogen) atoms. The number of hydrogen-bond acceptors (Lipinski definition) is 2. The highest BCUT2D eigenvalue weighted by atomic mass is 35.5. The first-order valence-electron chi connectivity index (χ1n) is 8.25. The van der Waals surface area contributed by atoms with E-state index in [4.69, 9.17) is 11.6 Å². The fraction of sp³-hybridized carbons (Fsp3) is 0.824. The predicted molar refractivity (Wildman–Crippen MR) is 92.1 cm³/mol. The first-order valence-corrected chi connectivity index (χ1v) is 8.63. The molecule has 0 aromatic carbocycles. The molecule has 4 heteroatoms. The van der Waals surface area contributed by atoms with E-state index in [-0.39, 0.29) is 5.41 Å². The van der Waals surface area contributed by atoms with Crippen LogP contribution in [0, 0.1) is 18.3 Å². The van der Waals surface area contributed by atoms with Crippen molar-refractivity contribution in [3.63, 3.8) is 0 Å². The Labute approximate surface area is 135 Å². The van der Waals surface area contributed by atoms with E-state index in [2.05, 4.69) is 49.7 Å². The molecule has 0 fully saturated rings. The topological polar surface area (TPSA) is 29.9 Å². The molecule has 0 amide bonds. The number of rotatable bonds is 9. The van der Waals surface area contributed by atoms with E-state index in [1.54, 1.807) is 0 Å². The minimum absolute atomic E-state index is 0.229. The van der Waals surface area contributed by atoms with E-state index >= 15 is 0 Å². The van der Waals surface area contributed by atoms with Gasteiger partial charge in [0, 0.05) is 13.1 Å². The number of nitrogens with zero attached hydrogens (tertiary/aromatic N) is 2. The van der Waals surface area contributed by atoms with Gasteiger partial charge in [0.05, 0.1) is 16.4 Å². The summed E-state index contributed by atoms with van der Waals surface area (Å²) in [4.78, 5) is 0. The molecule has 0 aliphatic rings. The van der Waals surface area contributed by atoms with Crippen LogP contribution in [0.4, 0.5) is 0 Å². The quantitative estimate of drug-likeness (QED) is 0.729. The Morgan fingerprint density at radius 3 is 2.52 bits per heavy atom. The van der Waals surface area contributed by atoms with Crippen LogP contribution >= 0.6 is 11.6 Å². The molecule has 1 N–H and O–H groups in total. The van der Waals surface area contributed by atoms with Gasteiger partial charge in [0.15, 0.2) is 0 Å². The predicted octanol–water partition coefficient (Wildman–Crippen LogP) is 4.46. The molecule has 1 aromatic heterocycles. The van der Waals surface area contributed by atoms with Gasteiger partial charge in [-0.2, -0.15) is 5.10 Å². The van der Waals surface area contributed by atoms with Gasteiger partial charge in [-0.1, -0.05) is 45.7 Å². The maximum Gasteiger partial charge on any atom is 0.0847 e. The van der Waals surface area contributed by atoms with Gasteiger partial charge >= 0.3 is 0 Å². The summed E-state index contributed by atoms with van der Waals surface area (Å²) in [7, 11) is 0. The van der Waals surface area contributed by atoms with Crippen molar-refractivity contribution < 1.29 is 0 Å². The smallest absolute Gasteiger partial charge is 0.0847 e. The molecule has 1 rings (SSSR count). The van der Waals surface area contributed by atoms with E-state index in [1.807, 2.05) is 6.92 Å². The van der Waals surface area contributed by atoms with Gasteiger partial charge in [-0.25, -0.2) is 0 Å². The fourth-order valence-electron chi connectivity index (χ4n) is 2.95. The molecule has 1 heterocycles. The number of aryl methyl sites for hydroxylation is 2. The molecule has 1 atom stereocenters. The van der Waals surface area contributed by atoms with Gasteiger partial charge < -0.3 is 5.32 Å². The average Bonchev–Trinajstić information content (AvgIpc) is 2.66. The molecule has 1 aromatic rings. The van der Waals surface area contributed by atoms with Crippen LogP contribution < -0.4 is 5.32 Å². The highest BCUT2D eigenvalue weighted by Gasteiger charge is 2.27. The van der Waals surface area contributed by atoms with Crippen LogP contribution in [0.2, 0.25) is 5.02 Å². The fourth-order valence-corrected chi connectivity index (χ4v) is 3.15. The Kier molecular flexibility index (Phi) is 7.22. The van der Waals surface area contributed by atoms with Crippen LogP contribution in [0.1, 0.15) is 58.8 Å². The Balaban J connectivity index is 2.86. The van der Waals surface area contributed by atoms with Crippen molar-refractivity contribution in [3.05, 3.63) is 16.4 Å². The van der Waals surface area contributed by atoms with E-state index in [9.17, 15) is 0 Å². The van der Waals surface area contributed by atoms with Crippen molar-refractivity contribution in [2.45, 2.75) is 67.3 Å². The van der Waals surface area contributed by atoms with E-state index in [1.165, 1.54) is 18.5 Å². The minimum atomic E-state index is 0.229. The molecular formula is C17H32ClN3. The lowest BCUT2D eigenvalue weighted by atomic mass is 9.80. The largest absolute Gasteiger partial charge is 0.316 e. The Morgan fingerprint density at radius 2 is 2.00 bits per heavy atom. The maximum atomic E-state index is 6.48. The maximum absolute atomic E-state index is 6.48. The minimum Gasteiger partial charge on any atom is -0.316 e. The van der Waals surface area contributed by atoms with E-state index in [0.29, 0.717) is 5.92 Å². The van der Waals surface area contributed by atoms with E-state index in [0.717, 1.165) is 36.8 Å². The second-order valence-electron chi connectivity index (χ2n) is 6.92. The first-order chi connectivity index (χ1) is 9.83. The summed E-state index contributed by atoms with van der Waals surface area (Å²) in [6, 6.07) is 0. The van der Waals surface area contributed by atoms with Crippen LogP contribution in [-0.2, 0) is 13.0 Å². The summed E-state index contributed by atoms with van der Waals surface area (Å²) < 4.78 is 2.06. The standard InChI is InChI=1S/C17H32ClN3/c1-7-9-17(6,12-19-11-13(3)4)10-15-16(18)14(5)20-21(15)8-2/h13,19H,7-12H2,1-6H3. The van der Waals surface area contributed by atoms with Crippen LogP contribution in [0.5, 0.6) is 0 Å². The van der Waals surface area contributed by atoms with Crippen molar-refractivity contribution in [2.75, 3.05) is 13.1 Å². The zero-order valence-corrected chi connectivity index (χ0v) is 15.3. The summed E-state index contributed by atoms with van der Waals surface area (Å²) in [6.45, 7) is 16.2. The van der Waals surface area contributed by atoms with Gasteiger partial charge in [0.25, 0.3) is 0 Å². The third-order valence-electron chi connectivity index (χ3n) is 4.00. The second kappa shape index (κ2) is 8.19. The summed E-state index contributed by atoms with van der Waals surface area (Å²) in [6.07, 6.45) is 3.37. The lowest BCUT2D eigenvalue weighted by Gasteiger charge is -2.30. The number of nitrogens with one attached hydrogen (secondary N) is 1. The molecule has 0 saturated carbocycles. The monoisotopic (exact) mass is 313 g/mol. The number of halogens is 1. The van der Waals surface area contributed by atoms with Gasteiger partial charge in [0.1, 0.15) is 0 Å². The lowest BCUT2D eigenvalue weighted by Crippen LogP contribution is -2.36. The number of hydrogen-bond donors (Lipinski definition) is 1. The van der Waals surface area contributed by atoms with E-state index < -0.39 is 0 Å². The summed E-state index contributed by atoms with van der Waals surface area (Å²) in [5, 5.41) is 9.02. The van der Waals surface area contributed by atoms with Crippen molar-refractivity contribution in [1.29, 1.82) is 0 Å². The van der Waals surface area contributed by atoms with Crippen LogP contribution in [0.25, 0.3) is 0 Å². The summed E-state index contributed by atoms with van der Waals surface area (Å²) in [5.74, 6) is 0.683. The van der Waals surface area contributed by atoms with Crippen molar-refractivity contribution in [1.82, 2.24) is 15.1 Å². The molecule has 0 radical (unpaired) electrons. The van der Waals surface area contributed by atoms with Gasteiger partial charge in [-0.05, 0) is 44.6 Å². The number of aromatic nitrogens is 2. The van der Waals surface area contributed by atoms with Crippen molar-refractivity contribution >= 4 is 11.6 Å². The SMILES string of the molecule is CCCC(C)(CNCC(C)C)Cc1c(Cl)c(C)nn1CC.